The summed E-state index contributed by atoms with van der Waals surface area (Å²) in [5, 5.41) is 7.13. The predicted molar refractivity (Wildman–Crippen MR) is 257 cm³/mol. The first kappa shape index (κ1) is 35.3. The Balaban J connectivity index is 1.20. The summed E-state index contributed by atoms with van der Waals surface area (Å²) in [7, 11) is 0. The highest BCUT2D eigenvalue weighted by atomic mass is 16.3. The van der Waals surface area contributed by atoms with Gasteiger partial charge in [-0.1, -0.05) is 184 Å². The Morgan fingerprint density at radius 2 is 1.00 bits per heavy atom. The minimum atomic E-state index is -0.173. The van der Waals surface area contributed by atoms with Gasteiger partial charge in [0, 0.05) is 38.7 Å². The van der Waals surface area contributed by atoms with Gasteiger partial charge < -0.3 is 9.32 Å². The fraction of sp³-hybridized carbons (Fsp3) is 0.0508. The summed E-state index contributed by atoms with van der Waals surface area (Å²) < 4.78 is 6.91. The number of benzene rings is 10. The number of anilines is 3. The molecule has 0 radical (unpaired) electrons. The summed E-state index contributed by atoms with van der Waals surface area (Å²) in [6.45, 7) is 4.72. The summed E-state index contributed by atoms with van der Waals surface area (Å²) >= 11 is 0. The Morgan fingerprint density at radius 3 is 1.89 bits per heavy atom. The lowest BCUT2D eigenvalue weighted by Gasteiger charge is -2.31. The van der Waals surface area contributed by atoms with Gasteiger partial charge in [-0.15, -0.1) is 0 Å². The second-order valence-electron chi connectivity index (χ2n) is 16.8. The number of nitrogens with zero attached hydrogens (tertiary/aromatic N) is 1. The van der Waals surface area contributed by atoms with Crippen molar-refractivity contribution in [3.8, 4) is 44.5 Å². The van der Waals surface area contributed by atoms with Crippen LogP contribution in [-0.2, 0) is 5.41 Å². The number of hydrogen-bond donors (Lipinski definition) is 0. The third kappa shape index (κ3) is 5.49. The van der Waals surface area contributed by atoms with E-state index in [1.807, 2.05) is 0 Å². The van der Waals surface area contributed by atoms with E-state index in [2.05, 4.69) is 231 Å². The molecule has 0 spiro atoms. The van der Waals surface area contributed by atoms with Crippen LogP contribution in [0.3, 0.4) is 0 Å². The van der Waals surface area contributed by atoms with Gasteiger partial charge >= 0.3 is 0 Å². The SMILES string of the molecule is CC1(C)c2ccccc2-c2ccc(N(c3cccc(-c4ccccc4)c3)c3cccc(-c4cc5ccccc5c5ccccc45)c3-c3cccc4c3oc3ccccc34)cc21. The highest BCUT2D eigenvalue weighted by Gasteiger charge is 2.36. The maximum atomic E-state index is 6.91. The molecular weight excluding hydrogens is 739 g/mol. The van der Waals surface area contributed by atoms with Crippen LogP contribution in [0.5, 0.6) is 0 Å². The number of fused-ring (bicyclic) bond motifs is 9. The van der Waals surface area contributed by atoms with Crippen LogP contribution < -0.4 is 4.90 Å². The standard InChI is InChI=1S/C59H41NO/c1-59(2)53-30-12-10-25-46(53)47-34-33-42(37-54(47)59)60(41-21-14-20-39(35-41)38-17-4-3-5-18-38)55-31-16-27-49(52-36-40-19-6-7-22-43(40)44-23-8-9-24-45(44)52)57(55)51-29-15-28-50-48-26-11-13-32-56(48)61-58(50)51/h3-37H,1-2H3. The molecule has 0 saturated carbocycles. The average molecular weight is 780 g/mol. The van der Waals surface area contributed by atoms with E-state index in [-0.39, 0.29) is 5.41 Å². The van der Waals surface area contributed by atoms with E-state index in [1.54, 1.807) is 0 Å². The Hall–Kier alpha value is -7.68. The maximum Gasteiger partial charge on any atom is 0.143 e. The summed E-state index contributed by atoms with van der Waals surface area (Å²) in [5.41, 5.74) is 17.0. The van der Waals surface area contributed by atoms with Crippen molar-refractivity contribution >= 4 is 60.5 Å². The van der Waals surface area contributed by atoms with E-state index in [1.165, 1.54) is 54.9 Å². The van der Waals surface area contributed by atoms with Crippen LogP contribution in [0.1, 0.15) is 25.0 Å². The van der Waals surface area contributed by atoms with Crippen LogP contribution in [0.25, 0.3) is 88.0 Å². The Kier molecular flexibility index (Phi) is 7.92. The average Bonchev–Trinajstić information content (AvgIpc) is 3.81. The third-order valence-electron chi connectivity index (χ3n) is 13.1. The summed E-state index contributed by atoms with van der Waals surface area (Å²) in [6.07, 6.45) is 0. The number of para-hydroxylation sites is 2. The van der Waals surface area contributed by atoms with E-state index in [0.717, 1.165) is 61.3 Å². The third-order valence-corrected chi connectivity index (χ3v) is 13.1. The van der Waals surface area contributed by atoms with Crippen molar-refractivity contribution < 1.29 is 4.42 Å². The van der Waals surface area contributed by atoms with Gasteiger partial charge in [-0.05, 0) is 109 Å². The molecule has 10 aromatic carbocycles. The van der Waals surface area contributed by atoms with E-state index in [9.17, 15) is 0 Å². The van der Waals surface area contributed by atoms with Crippen LogP contribution in [0.15, 0.2) is 217 Å². The molecular formula is C59H41NO. The fourth-order valence-corrected chi connectivity index (χ4v) is 10.2. The van der Waals surface area contributed by atoms with Gasteiger partial charge in [-0.25, -0.2) is 0 Å². The van der Waals surface area contributed by atoms with E-state index in [0.29, 0.717) is 0 Å². The molecule has 0 atom stereocenters. The zero-order chi connectivity index (χ0) is 40.7. The second kappa shape index (κ2) is 13.7. The first-order valence-electron chi connectivity index (χ1n) is 21.2. The molecule has 288 valence electrons. The largest absolute Gasteiger partial charge is 0.455 e. The van der Waals surface area contributed by atoms with Gasteiger partial charge in [-0.3, -0.25) is 0 Å². The van der Waals surface area contributed by atoms with Crippen molar-refractivity contribution in [2.24, 2.45) is 0 Å². The van der Waals surface area contributed by atoms with Gasteiger partial charge in [0.2, 0.25) is 0 Å². The molecule has 0 unspecified atom stereocenters. The summed E-state index contributed by atoms with van der Waals surface area (Å²) in [4.78, 5) is 2.48. The van der Waals surface area contributed by atoms with Crippen LogP contribution in [0, 0.1) is 0 Å². The fourth-order valence-electron chi connectivity index (χ4n) is 10.2. The van der Waals surface area contributed by atoms with E-state index < -0.39 is 0 Å². The maximum absolute atomic E-state index is 6.91. The zero-order valence-corrected chi connectivity index (χ0v) is 34.1. The number of rotatable bonds is 6. The van der Waals surface area contributed by atoms with Gasteiger partial charge in [0.15, 0.2) is 0 Å². The highest BCUT2D eigenvalue weighted by Crippen LogP contribution is 2.53. The molecule has 2 heteroatoms. The molecule has 1 heterocycles. The summed E-state index contributed by atoms with van der Waals surface area (Å²) in [5.74, 6) is 0. The van der Waals surface area contributed by atoms with Gasteiger partial charge in [0.1, 0.15) is 11.2 Å². The predicted octanol–water partition coefficient (Wildman–Crippen LogP) is 16.7. The molecule has 2 nitrogen and oxygen atoms in total. The first-order chi connectivity index (χ1) is 30.0. The quantitative estimate of drug-likeness (QED) is 0.156. The lowest BCUT2D eigenvalue weighted by atomic mass is 9.82. The number of hydrogen-bond acceptors (Lipinski definition) is 2. The molecule has 0 bridgehead atoms. The normalized spacial score (nSPS) is 12.9. The van der Waals surface area contributed by atoms with Crippen molar-refractivity contribution in [3.05, 3.63) is 223 Å². The molecule has 1 aliphatic rings. The molecule has 0 saturated heterocycles. The highest BCUT2D eigenvalue weighted by molar-refractivity contribution is 6.18. The lowest BCUT2D eigenvalue weighted by Crippen LogP contribution is -2.17. The second-order valence-corrected chi connectivity index (χ2v) is 16.8. The minimum absolute atomic E-state index is 0.173. The molecule has 0 fully saturated rings. The monoisotopic (exact) mass is 779 g/mol. The zero-order valence-electron chi connectivity index (χ0n) is 34.1. The van der Waals surface area contributed by atoms with Crippen molar-refractivity contribution in [2.75, 3.05) is 4.90 Å². The van der Waals surface area contributed by atoms with Crippen LogP contribution in [0.4, 0.5) is 17.1 Å². The van der Waals surface area contributed by atoms with Crippen molar-refractivity contribution in [2.45, 2.75) is 19.3 Å². The Labute approximate surface area is 355 Å². The number of furan rings is 1. The van der Waals surface area contributed by atoms with E-state index in [4.69, 9.17) is 4.42 Å². The van der Waals surface area contributed by atoms with Crippen LogP contribution in [-0.4, -0.2) is 0 Å². The molecule has 11 aromatic rings. The molecule has 0 N–H and O–H groups in total. The molecule has 0 aliphatic heterocycles. The van der Waals surface area contributed by atoms with Crippen LogP contribution >= 0.6 is 0 Å². The molecule has 12 rings (SSSR count). The molecule has 61 heavy (non-hydrogen) atoms. The molecule has 1 aliphatic carbocycles. The lowest BCUT2D eigenvalue weighted by molar-refractivity contribution is 0.660. The topological polar surface area (TPSA) is 16.4 Å². The van der Waals surface area contributed by atoms with Gasteiger partial charge in [0.25, 0.3) is 0 Å². The van der Waals surface area contributed by atoms with Crippen molar-refractivity contribution in [3.63, 3.8) is 0 Å². The minimum Gasteiger partial charge on any atom is -0.455 e. The Morgan fingerprint density at radius 1 is 0.377 bits per heavy atom. The smallest absolute Gasteiger partial charge is 0.143 e. The van der Waals surface area contributed by atoms with Gasteiger partial charge in [0.05, 0.1) is 5.69 Å². The molecule has 1 aromatic heterocycles. The molecule has 0 amide bonds. The summed E-state index contributed by atoms with van der Waals surface area (Å²) in [6, 6.07) is 77.5. The van der Waals surface area contributed by atoms with Crippen molar-refractivity contribution in [1.29, 1.82) is 0 Å². The first-order valence-corrected chi connectivity index (χ1v) is 21.2. The van der Waals surface area contributed by atoms with Crippen molar-refractivity contribution in [1.82, 2.24) is 0 Å². The van der Waals surface area contributed by atoms with Crippen LogP contribution in [0.2, 0.25) is 0 Å². The Bertz CT molecular complexity index is 3520. The van der Waals surface area contributed by atoms with Gasteiger partial charge in [-0.2, -0.15) is 0 Å². The van der Waals surface area contributed by atoms with E-state index >= 15 is 0 Å².